The van der Waals surface area contributed by atoms with Crippen LogP contribution in [-0.4, -0.2) is 8.07 Å². The first-order valence-electron chi connectivity index (χ1n) is 4.52. The van der Waals surface area contributed by atoms with Crippen LogP contribution in [0.4, 0.5) is 0 Å². The first kappa shape index (κ1) is 15.3. The van der Waals surface area contributed by atoms with E-state index in [4.69, 9.17) is 0 Å². The van der Waals surface area contributed by atoms with Crippen LogP contribution >= 0.6 is 0 Å². The molecule has 0 rings (SSSR count). The molecule has 0 aliphatic rings. The van der Waals surface area contributed by atoms with Crippen molar-refractivity contribution in [2.75, 3.05) is 0 Å². The molecular formula is C10H23LiSi. The van der Waals surface area contributed by atoms with Crippen molar-refractivity contribution in [2.45, 2.75) is 57.8 Å². The molecule has 0 aliphatic heterocycles. The van der Waals surface area contributed by atoms with Crippen LogP contribution in [0.3, 0.4) is 0 Å². The van der Waals surface area contributed by atoms with Crippen LogP contribution in [-0.2, 0) is 0 Å². The van der Waals surface area contributed by atoms with Crippen LogP contribution < -0.4 is 18.9 Å². The molecule has 0 aromatic carbocycles. The van der Waals surface area contributed by atoms with Gasteiger partial charge in [0, 0.05) is 0 Å². The van der Waals surface area contributed by atoms with Crippen LogP contribution in [0, 0.1) is 6.92 Å². The van der Waals surface area contributed by atoms with Gasteiger partial charge < -0.3 is 6.92 Å². The van der Waals surface area contributed by atoms with E-state index in [1.165, 1.54) is 0 Å². The molecule has 0 aromatic heterocycles. The number of hydrogen-bond acceptors (Lipinski definition) is 0. The van der Waals surface area contributed by atoms with Crippen molar-refractivity contribution >= 4 is 8.07 Å². The van der Waals surface area contributed by atoms with Crippen molar-refractivity contribution in [3.05, 3.63) is 6.92 Å². The molecule has 0 nitrogen and oxygen atoms in total. The summed E-state index contributed by atoms with van der Waals surface area (Å²) >= 11 is 0. The fourth-order valence-corrected chi connectivity index (χ4v) is 3.30. The Hall–Kier alpha value is 0.814. The smallest absolute Gasteiger partial charge is 0.343 e. The van der Waals surface area contributed by atoms with E-state index in [9.17, 15) is 0 Å². The molecule has 68 valence electrons. The van der Waals surface area contributed by atoms with Crippen molar-refractivity contribution in [3.63, 3.8) is 0 Å². The molecule has 0 aliphatic carbocycles. The van der Waals surface area contributed by atoms with E-state index in [2.05, 4.69) is 47.7 Å². The molecule has 0 unspecified atom stereocenters. The fraction of sp³-hybridized carbons (Fsp3) is 0.900. The zero-order chi connectivity index (χ0) is 9.28. The molecule has 0 saturated heterocycles. The molecule has 0 heterocycles. The summed E-state index contributed by atoms with van der Waals surface area (Å²) in [6, 6.07) is 0. The van der Waals surface area contributed by atoms with Crippen LogP contribution in [0.5, 0.6) is 0 Å². The zero-order valence-electron chi connectivity index (χ0n) is 9.99. The number of rotatable bonds is 2. The van der Waals surface area contributed by atoms with Gasteiger partial charge in [-0.2, -0.15) is 6.42 Å². The van der Waals surface area contributed by atoms with Gasteiger partial charge in [-0.3, -0.25) is 0 Å². The summed E-state index contributed by atoms with van der Waals surface area (Å²) in [7, 11) is -1.07. The number of hydrogen-bond donors (Lipinski definition) is 0. The van der Waals surface area contributed by atoms with E-state index in [-0.39, 0.29) is 18.9 Å². The van der Waals surface area contributed by atoms with Crippen LogP contribution in [0.1, 0.15) is 34.1 Å². The van der Waals surface area contributed by atoms with Gasteiger partial charge in [0.2, 0.25) is 0 Å². The molecule has 2 heteroatoms. The minimum absolute atomic E-state index is 0. The maximum Gasteiger partial charge on any atom is 1.00 e. The Morgan fingerprint density at radius 3 is 1.67 bits per heavy atom. The van der Waals surface area contributed by atoms with Crippen LogP contribution in [0.2, 0.25) is 23.7 Å². The fourth-order valence-electron chi connectivity index (χ4n) is 1.10. The third-order valence-corrected chi connectivity index (χ3v) is 10.2. The van der Waals surface area contributed by atoms with Gasteiger partial charge in [-0.25, -0.2) is 0 Å². The Bertz CT molecular complexity index is 124. The first-order chi connectivity index (χ1) is 4.73. The van der Waals surface area contributed by atoms with E-state index >= 15 is 0 Å². The molecule has 0 spiro atoms. The predicted octanol–water partition coefficient (Wildman–Crippen LogP) is 1.11. The third-order valence-electron chi connectivity index (χ3n) is 3.60. The second-order valence-corrected chi connectivity index (χ2v) is 11.1. The molecular weight excluding hydrogens is 155 g/mol. The van der Waals surface area contributed by atoms with Crippen LogP contribution in [0.25, 0.3) is 0 Å². The SMILES string of the molecule is [CH2-]C[C@H](C)[Si](C)(C)C(C)(C)C.[Li+]. The summed E-state index contributed by atoms with van der Waals surface area (Å²) < 4.78 is 0. The second kappa shape index (κ2) is 4.89. The van der Waals surface area contributed by atoms with Gasteiger partial charge >= 0.3 is 18.9 Å². The van der Waals surface area contributed by atoms with Crippen molar-refractivity contribution < 1.29 is 18.9 Å². The van der Waals surface area contributed by atoms with Gasteiger partial charge in [0.1, 0.15) is 0 Å². The quantitative estimate of drug-likeness (QED) is 0.439. The minimum atomic E-state index is -1.07. The van der Waals surface area contributed by atoms with Crippen LogP contribution in [0.15, 0.2) is 0 Å². The molecule has 0 amide bonds. The Labute approximate surface area is 91.7 Å². The largest absolute Gasteiger partial charge is 1.00 e. The summed E-state index contributed by atoms with van der Waals surface area (Å²) in [5.41, 5.74) is 0.836. The van der Waals surface area contributed by atoms with Gasteiger partial charge in [0.25, 0.3) is 0 Å². The maximum absolute atomic E-state index is 4.00. The summed E-state index contributed by atoms with van der Waals surface area (Å²) in [5, 5.41) is 0.518. The average Bonchev–Trinajstić information content (AvgIpc) is 1.83. The van der Waals surface area contributed by atoms with E-state index in [0.717, 1.165) is 12.0 Å². The molecule has 0 radical (unpaired) electrons. The van der Waals surface area contributed by atoms with Gasteiger partial charge in [0.15, 0.2) is 0 Å². The average molecular weight is 178 g/mol. The zero-order valence-corrected chi connectivity index (χ0v) is 11.0. The molecule has 0 aromatic rings. The van der Waals surface area contributed by atoms with Gasteiger partial charge in [0.05, 0.1) is 8.07 Å². The molecule has 0 saturated carbocycles. The predicted molar refractivity (Wildman–Crippen MR) is 56.6 cm³/mol. The van der Waals surface area contributed by atoms with Gasteiger partial charge in [-0.1, -0.05) is 46.3 Å². The molecule has 0 bridgehead atoms. The molecule has 0 N–H and O–H groups in total. The third kappa shape index (κ3) is 3.28. The summed E-state index contributed by atoms with van der Waals surface area (Å²) in [6.07, 6.45) is 1.09. The topological polar surface area (TPSA) is 0 Å². The van der Waals surface area contributed by atoms with Crippen molar-refractivity contribution in [1.29, 1.82) is 0 Å². The summed E-state index contributed by atoms with van der Waals surface area (Å²) in [5.74, 6) is 0. The van der Waals surface area contributed by atoms with Crippen molar-refractivity contribution in [3.8, 4) is 0 Å². The molecule has 1 atom stereocenters. The molecule has 12 heavy (non-hydrogen) atoms. The monoisotopic (exact) mass is 178 g/mol. The molecule has 0 fully saturated rings. The Kier molecular flexibility index (Phi) is 6.23. The standard InChI is InChI=1S/C10H23Si.Li/c1-8-9(2)11(6,7)10(3,4)5;/h9H,1,8H2,2-7H3;/q-1;+1/t9-;/m0./s1. The van der Waals surface area contributed by atoms with Crippen molar-refractivity contribution in [2.24, 2.45) is 0 Å². The van der Waals surface area contributed by atoms with E-state index in [0.29, 0.717) is 5.04 Å². The van der Waals surface area contributed by atoms with Crippen molar-refractivity contribution in [1.82, 2.24) is 0 Å². The minimum Gasteiger partial charge on any atom is -0.343 e. The Morgan fingerprint density at radius 1 is 1.25 bits per heavy atom. The Morgan fingerprint density at radius 2 is 1.58 bits per heavy atom. The van der Waals surface area contributed by atoms with Gasteiger partial charge in [-0.05, 0) is 5.04 Å². The summed E-state index contributed by atoms with van der Waals surface area (Å²) in [4.78, 5) is 0. The summed E-state index contributed by atoms with van der Waals surface area (Å²) in [6.45, 7) is 18.4. The van der Waals surface area contributed by atoms with E-state index in [1.54, 1.807) is 0 Å². The normalized spacial score (nSPS) is 15.2. The first-order valence-corrected chi connectivity index (χ1v) is 7.60. The second-order valence-electron chi connectivity index (χ2n) is 5.16. The van der Waals surface area contributed by atoms with E-state index < -0.39 is 8.07 Å². The Balaban J connectivity index is 0. The maximum atomic E-state index is 4.00. The van der Waals surface area contributed by atoms with E-state index in [1.807, 2.05) is 0 Å². The van der Waals surface area contributed by atoms with Gasteiger partial charge in [-0.15, -0.1) is 0 Å².